The van der Waals surface area contributed by atoms with Crippen LogP contribution in [-0.4, -0.2) is 32.9 Å². The van der Waals surface area contributed by atoms with Gasteiger partial charge in [-0.1, -0.05) is 12.1 Å². The molecule has 1 amide bonds. The average Bonchev–Trinajstić information content (AvgIpc) is 2.67. The van der Waals surface area contributed by atoms with Gasteiger partial charge in [0, 0.05) is 28.0 Å². The summed E-state index contributed by atoms with van der Waals surface area (Å²) in [5, 5.41) is 3.81. The minimum absolute atomic E-state index is 0.0760. The van der Waals surface area contributed by atoms with Crippen molar-refractivity contribution in [2.75, 3.05) is 32.3 Å². The molecule has 2 N–H and O–H groups in total. The topological polar surface area (TPSA) is 73.0 Å². The number of amides is 1. The molecule has 3 aromatic rings. The number of fused-ring (bicyclic) bond motifs is 1. The van der Waals surface area contributed by atoms with Crippen LogP contribution in [0.4, 0.5) is 5.69 Å². The van der Waals surface area contributed by atoms with Gasteiger partial charge in [-0.2, -0.15) is 0 Å². The number of hydrogen-bond donors (Lipinski definition) is 2. The van der Waals surface area contributed by atoms with Crippen molar-refractivity contribution in [3.05, 3.63) is 64.5 Å². The van der Waals surface area contributed by atoms with E-state index in [0.29, 0.717) is 17.9 Å². The van der Waals surface area contributed by atoms with E-state index in [9.17, 15) is 9.59 Å². The summed E-state index contributed by atoms with van der Waals surface area (Å²) in [6.07, 6.45) is 1.98. The maximum absolute atomic E-state index is 12.5. The number of nitrogens with one attached hydrogen (secondary N) is 2. The zero-order valence-electron chi connectivity index (χ0n) is 16.1. The van der Waals surface area contributed by atoms with E-state index in [2.05, 4.69) is 5.32 Å². The molecule has 0 saturated heterocycles. The smallest absolute Gasteiger partial charge is 0.336 e. The zero-order chi connectivity index (χ0) is 20.1. The van der Waals surface area contributed by atoms with Crippen molar-refractivity contribution in [2.45, 2.75) is 11.4 Å². The summed E-state index contributed by atoms with van der Waals surface area (Å²) < 4.78 is 10.5. The van der Waals surface area contributed by atoms with Crippen molar-refractivity contribution in [2.24, 2.45) is 0 Å². The first-order valence-electron chi connectivity index (χ1n) is 8.85. The number of likely N-dealkylation sites (N-methyl/N-ethyl adjacent to an activating group) is 1. The van der Waals surface area contributed by atoms with Gasteiger partial charge in [-0.25, -0.2) is 4.79 Å². The van der Waals surface area contributed by atoms with Crippen LogP contribution in [0, 0.1) is 0 Å². The fourth-order valence-corrected chi connectivity index (χ4v) is 3.64. The highest BCUT2D eigenvalue weighted by atomic mass is 32.2. The lowest BCUT2D eigenvalue weighted by molar-refractivity contribution is -0.885. The van der Waals surface area contributed by atoms with E-state index in [4.69, 9.17) is 9.15 Å². The Morgan fingerprint density at radius 2 is 2.00 bits per heavy atom. The molecule has 0 fully saturated rings. The van der Waals surface area contributed by atoms with Crippen LogP contribution < -0.4 is 20.6 Å². The SMILES string of the molecule is COc1ccc2c(C[NH+](C)CC(=O)Nc3ccccc3SC)cc(=O)oc2c1. The highest BCUT2D eigenvalue weighted by Gasteiger charge is 2.15. The van der Waals surface area contributed by atoms with Crippen molar-refractivity contribution in [3.63, 3.8) is 0 Å². The van der Waals surface area contributed by atoms with Crippen LogP contribution in [0.15, 0.2) is 62.6 Å². The minimum Gasteiger partial charge on any atom is -0.497 e. The Morgan fingerprint density at radius 3 is 2.75 bits per heavy atom. The van der Waals surface area contributed by atoms with E-state index < -0.39 is 5.63 Å². The molecule has 6 nitrogen and oxygen atoms in total. The van der Waals surface area contributed by atoms with Gasteiger partial charge in [0.2, 0.25) is 0 Å². The second-order valence-electron chi connectivity index (χ2n) is 6.51. The van der Waals surface area contributed by atoms with E-state index in [1.54, 1.807) is 24.9 Å². The number of rotatable bonds is 7. The van der Waals surface area contributed by atoms with Gasteiger partial charge in [-0.05, 0) is 30.5 Å². The normalized spacial score (nSPS) is 12.0. The van der Waals surface area contributed by atoms with Crippen LogP contribution in [-0.2, 0) is 11.3 Å². The van der Waals surface area contributed by atoms with Crippen LogP contribution in [0.1, 0.15) is 5.56 Å². The number of benzene rings is 2. The molecule has 146 valence electrons. The number of hydrogen-bond acceptors (Lipinski definition) is 5. The highest BCUT2D eigenvalue weighted by Crippen LogP contribution is 2.24. The third-order valence-electron chi connectivity index (χ3n) is 4.37. The predicted octanol–water partition coefficient (Wildman–Crippen LogP) is 2.18. The lowest BCUT2D eigenvalue weighted by Crippen LogP contribution is -3.08. The van der Waals surface area contributed by atoms with Crippen molar-refractivity contribution in [3.8, 4) is 5.75 Å². The lowest BCUT2D eigenvalue weighted by Gasteiger charge is -2.15. The predicted molar refractivity (Wildman–Crippen MR) is 111 cm³/mol. The molecule has 2 aromatic carbocycles. The van der Waals surface area contributed by atoms with Gasteiger partial charge >= 0.3 is 5.63 Å². The van der Waals surface area contributed by atoms with Gasteiger partial charge in [0.05, 0.1) is 19.8 Å². The largest absolute Gasteiger partial charge is 0.497 e. The maximum Gasteiger partial charge on any atom is 0.336 e. The molecule has 0 aliphatic heterocycles. The van der Waals surface area contributed by atoms with E-state index >= 15 is 0 Å². The fraction of sp³-hybridized carbons (Fsp3) is 0.238. The van der Waals surface area contributed by atoms with Gasteiger partial charge in [0.1, 0.15) is 17.9 Å². The Morgan fingerprint density at radius 1 is 1.21 bits per heavy atom. The first-order valence-corrected chi connectivity index (χ1v) is 10.1. The average molecular weight is 399 g/mol. The van der Waals surface area contributed by atoms with E-state index in [1.807, 2.05) is 49.7 Å². The van der Waals surface area contributed by atoms with Crippen molar-refractivity contribution < 1.29 is 18.8 Å². The van der Waals surface area contributed by atoms with Crippen molar-refractivity contribution in [1.29, 1.82) is 0 Å². The highest BCUT2D eigenvalue weighted by molar-refractivity contribution is 7.98. The molecule has 7 heteroatoms. The number of carbonyl (C=O) groups excluding carboxylic acids is 1. The first kappa shape index (κ1) is 20.0. The van der Waals surface area contributed by atoms with Crippen LogP contribution in [0.25, 0.3) is 11.0 Å². The molecule has 1 aromatic heterocycles. The molecular weight excluding hydrogens is 376 g/mol. The van der Waals surface area contributed by atoms with Gasteiger partial charge < -0.3 is 19.4 Å². The number of para-hydroxylation sites is 1. The Labute approximate surface area is 167 Å². The van der Waals surface area contributed by atoms with Gasteiger partial charge in [0.25, 0.3) is 5.91 Å². The maximum atomic E-state index is 12.5. The van der Waals surface area contributed by atoms with Gasteiger partial charge in [-0.15, -0.1) is 11.8 Å². The Hall–Kier alpha value is -2.77. The Balaban J connectivity index is 1.73. The summed E-state index contributed by atoms with van der Waals surface area (Å²) in [4.78, 5) is 26.4. The third-order valence-corrected chi connectivity index (χ3v) is 5.17. The summed E-state index contributed by atoms with van der Waals surface area (Å²) in [7, 11) is 3.49. The number of carbonyl (C=O) groups is 1. The summed E-state index contributed by atoms with van der Waals surface area (Å²) in [5.41, 5.74) is 1.71. The molecule has 0 radical (unpaired) electrons. The monoisotopic (exact) mass is 399 g/mol. The molecule has 0 bridgehead atoms. The van der Waals surface area contributed by atoms with E-state index in [1.165, 1.54) is 6.07 Å². The quantitative estimate of drug-likeness (QED) is 0.471. The number of ether oxygens (including phenoxy) is 1. The van der Waals surface area contributed by atoms with Crippen LogP contribution in [0.5, 0.6) is 5.75 Å². The van der Waals surface area contributed by atoms with Crippen molar-refractivity contribution in [1.82, 2.24) is 0 Å². The van der Waals surface area contributed by atoms with Crippen LogP contribution in [0.2, 0.25) is 0 Å². The molecule has 1 heterocycles. The third kappa shape index (κ3) is 4.74. The molecule has 0 aliphatic carbocycles. The number of quaternary nitrogens is 1. The number of anilines is 1. The first-order chi connectivity index (χ1) is 13.5. The van der Waals surface area contributed by atoms with Crippen LogP contribution >= 0.6 is 11.8 Å². The molecule has 0 aliphatic rings. The van der Waals surface area contributed by atoms with E-state index in [-0.39, 0.29) is 12.5 Å². The lowest BCUT2D eigenvalue weighted by atomic mass is 10.1. The molecular formula is C21H23N2O4S+. The van der Waals surface area contributed by atoms with Gasteiger partial charge in [0.15, 0.2) is 6.54 Å². The second kappa shape index (κ2) is 8.95. The summed E-state index contributed by atoms with van der Waals surface area (Å²) >= 11 is 1.59. The molecule has 28 heavy (non-hydrogen) atoms. The zero-order valence-corrected chi connectivity index (χ0v) is 16.9. The van der Waals surface area contributed by atoms with Gasteiger partial charge in [-0.3, -0.25) is 4.79 Å². The number of methoxy groups -OCH3 is 1. The second-order valence-corrected chi connectivity index (χ2v) is 7.36. The fourth-order valence-electron chi connectivity index (χ4n) is 3.09. The molecule has 1 atom stereocenters. The summed E-state index contributed by atoms with van der Waals surface area (Å²) in [5.74, 6) is 0.549. The number of thioether (sulfide) groups is 1. The Kier molecular flexibility index (Phi) is 6.38. The van der Waals surface area contributed by atoms with Crippen LogP contribution in [0.3, 0.4) is 0 Å². The van der Waals surface area contributed by atoms with Crippen molar-refractivity contribution >= 4 is 34.3 Å². The Bertz CT molecular complexity index is 1050. The molecule has 3 rings (SSSR count). The molecule has 1 unspecified atom stereocenters. The molecule has 0 saturated carbocycles. The summed E-state index contributed by atoms with van der Waals surface area (Å²) in [6.45, 7) is 0.798. The minimum atomic E-state index is -0.415. The summed E-state index contributed by atoms with van der Waals surface area (Å²) in [6, 6.07) is 14.6. The van der Waals surface area contributed by atoms with E-state index in [0.717, 1.165) is 26.4 Å². The standard InChI is InChI=1S/C21H22N2O4S/c1-23(13-20(24)22-17-6-4-5-7-19(17)28-3)12-14-10-21(25)27-18-11-15(26-2)8-9-16(14)18/h4-11H,12-13H2,1-3H3,(H,22,24)/p+1. The molecule has 0 spiro atoms.